The van der Waals surface area contributed by atoms with Gasteiger partial charge in [-0.1, -0.05) is 0 Å². The van der Waals surface area contributed by atoms with E-state index in [9.17, 15) is 22.8 Å². The van der Waals surface area contributed by atoms with Crippen LogP contribution < -0.4 is 5.32 Å². The highest BCUT2D eigenvalue weighted by molar-refractivity contribution is 7.91. The van der Waals surface area contributed by atoms with E-state index >= 15 is 0 Å². The molecule has 3 aliphatic heterocycles. The first-order valence-corrected chi connectivity index (χ1v) is 11.9. The van der Waals surface area contributed by atoms with Crippen LogP contribution in [-0.2, 0) is 19.4 Å². The molecule has 162 valence electrons. The van der Waals surface area contributed by atoms with Gasteiger partial charge in [0, 0.05) is 32.0 Å². The summed E-state index contributed by atoms with van der Waals surface area (Å²) in [4.78, 5) is 39.0. The molecule has 0 radical (unpaired) electrons. The largest absolute Gasteiger partial charge is 0.472 e. The van der Waals surface area contributed by atoms with Gasteiger partial charge in [-0.25, -0.2) is 13.4 Å². The second-order valence-corrected chi connectivity index (χ2v) is 10.1. The number of rotatable bonds is 4. The Hall–Kier alpha value is -2.69. The Morgan fingerprint density at radius 1 is 1.17 bits per heavy atom. The Labute approximate surface area is 174 Å². The number of nitrogens with zero attached hydrogens (tertiary/aromatic N) is 3. The lowest BCUT2D eigenvalue weighted by Gasteiger charge is -2.33. The Kier molecular flexibility index (Phi) is 5.63. The minimum atomic E-state index is -3.16. The molecule has 0 bridgehead atoms. The molecule has 0 saturated carbocycles. The van der Waals surface area contributed by atoms with E-state index in [0.29, 0.717) is 37.9 Å². The molecule has 4 rings (SSSR count). The number of furan rings is 1. The van der Waals surface area contributed by atoms with Crippen LogP contribution in [0, 0.1) is 0 Å². The lowest BCUT2D eigenvalue weighted by Crippen LogP contribution is -2.49. The average molecular weight is 436 g/mol. The molecule has 11 heteroatoms. The highest BCUT2D eigenvalue weighted by Gasteiger charge is 2.37. The Morgan fingerprint density at radius 2 is 1.93 bits per heavy atom. The average Bonchev–Trinajstić information content (AvgIpc) is 3.38. The van der Waals surface area contributed by atoms with Crippen molar-refractivity contribution in [2.75, 3.05) is 24.6 Å². The molecular weight excluding hydrogens is 412 g/mol. The lowest BCUT2D eigenvalue weighted by atomic mass is 10.0. The van der Waals surface area contributed by atoms with Crippen LogP contribution in [-0.4, -0.2) is 78.4 Å². The number of nitrogens with one attached hydrogen (secondary N) is 1. The van der Waals surface area contributed by atoms with Crippen LogP contribution in [0.2, 0.25) is 0 Å². The predicted molar refractivity (Wildman–Crippen MR) is 106 cm³/mol. The zero-order valence-corrected chi connectivity index (χ0v) is 17.3. The summed E-state index contributed by atoms with van der Waals surface area (Å²) >= 11 is 0. The van der Waals surface area contributed by atoms with Crippen LogP contribution in [0.5, 0.6) is 0 Å². The van der Waals surface area contributed by atoms with Crippen LogP contribution in [0.15, 0.2) is 28.1 Å². The summed E-state index contributed by atoms with van der Waals surface area (Å²) in [7, 11) is -3.16. The van der Waals surface area contributed by atoms with E-state index < -0.39 is 15.9 Å². The Bertz CT molecular complexity index is 963. The van der Waals surface area contributed by atoms with Crippen molar-refractivity contribution in [1.82, 2.24) is 15.2 Å². The lowest BCUT2D eigenvalue weighted by molar-refractivity contribution is -0.133. The van der Waals surface area contributed by atoms with Crippen LogP contribution in [0.4, 0.5) is 0 Å². The number of carbonyl (C=O) groups is 3. The number of hydrazone groups is 1. The van der Waals surface area contributed by atoms with Gasteiger partial charge in [-0.15, -0.1) is 0 Å². The van der Waals surface area contributed by atoms with Crippen molar-refractivity contribution in [2.45, 2.75) is 44.2 Å². The van der Waals surface area contributed by atoms with Crippen LogP contribution in [0.1, 0.15) is 42.5 Å². The summed E-state index contributed by atoms with van der Waals surface area (Å²) in [6, 6.07) is 1.04. The van der Waals surface area contributed by atoms with Gasteiger partial charge in [-0.3, -0.25) is 14.4 Å². The minimum absolute atomic E-state index is 0.0363. The summed E-state index contributed by atoms with van der Waals surface area (Å²) < 4.78 is 28.4. The van der Waals surface area contributed by atoms with E-state index in [1.54, 1.807) is 11.0 Å². The fourth-order valence-corrected chi connectivity index (χ4v) is 5.74. The first kappa shape index (κ1) is 20.6. The van der Waals surface area contributed by atoms with Gasteiger partial charge in [0.1, 0.15) is 12.0 Å². The van der Waals surface area contributed by atoms with E-state index in [0.717, 1.165) is 0 Å². The number of carbonyl (C=O) groups excluding carboxylic acids is 3. The van der Waals surface area contributed by atoms with Gasteiger partial charge >= 0.3 is 0 Å². The van der Waals surface area contributed by atoms with Gasteiger partial charge in [0.2, 0.25) is 5.91 Å². The molecule has 2 fully saturated rings. The standard InChI is InChI=1S/C19H24N4O6S/c24-17-2-1-16(21-23(17)15-6-10-30(27,28)12-15)18(25)20-14-3-7-22(8-4-14)19(26)13-5-9-29-11-13/h5,9,11,14-15H,1-4,6-8,10,12H2,(H,20,25)/t15-/m0/s1. The van der Waals surface area contributed by atoms with Crippen molar-refractivity contribution < 1.29 is 27.2 Å². The van der Waals surface area contributed by atoms with Crippen LogP contribution in [0.3, 0.4) is 0 Å². The normalized spacial score (nSPS) is 24.6. The number of hydrogen-bond acceptors (Lipinski definition) is 7. The van der Waals surface area contributed by atoms with Gasteiger partial charge in [0.25, 0.3) is 11.8 Å². The Morgan fingerprint density at radius 3 is 2.57 bits per heavy atom. The summed E-state index contributed by atoms with van der Waals surface area (Å²) in [5, 5.41) is 8.33. The third kappa shape index (κ3) is 4.40. The van der Waals surface area contributed by atoms with E-state index in [-0.39, 0.29) is 53.8 Å². The fourth-order valence-electron chi connectivity index (χ4n) is 4.05. The SMILES string of the molecule is O=C(NC1CCN(C(=O)c2ccoc2)CC1)C1=NN([C@H]2CCS(=O)(=O)C2)C(=O)CC1. The molecule has 0 aliphatic carbocycles. The molecule has 1 aromatic rings. The van der Waals surface area contributed by atoms with Crippen LogP contribution in [0.25, 0.3) is 0 Å². The number of sulfone groups is 1. The molecule has 10 nitrogen and oxygen atoms in total. The molecule has 4 heterocycles. The van der Waals surface area contributed by atoms with Gasteiger partial charge in [-0.2, -0.15) is 5.10 Å². The first-order valence-electron chi connectivity index (χ1n) is 10.0. The van der Waals surface area contributed by atoms with Crippen molar-refractivity contribution in [2.24, 2.45) is 5.10 Å². The maximum Gasteiger partial charge on any atom is 0.267 e. The van der Waals surface area contributed by atoms with Gasteiger partial charge in [0.05, 0.1) is 29.4 Å². The van der Waals surface area contributed by atoms with Crippen molar-refractivity contribution in [3.8, 4) is 0 Å². The van der Waals surface area contributed by atoms with Crippen molar-refractivity contribution in [1.29, 1.82) is 0 Å². The zero-order chi connectivity index (χ0) is 21.3. The summed E-state index contributed by atoms with van der Waals surface area (Å²) in [5.74, 6) is -0.756. The highest BCUT2D eigenvalue weighted by atomic mass is 32.2. The zero-order valence-electron chi connectivity index (χ0n) is 16.5. The molecule has 0 unspecified atom stereocenters. The number of piperidine rings is 1. The number of hydrogen-bond donors (Lipinski definition) is 1. The van der Waals surface area contributed by atoms with Crippen molar-refractivity contribution in [3.63, 3.8) is 0 Å². The van der Waals surface area contributed by atoms with E-state index in [4.69, 9.17) is 4.42 Å². The molecule has 1 N–H and O–H groups in total. The van der Waals surface area contributed by atoms with Gasteiger partial charge in [-0.05, 0) is 25.3 Å². The molecule has 3 aliphatic rings. The monoisotopic (exact) mass is 436 g/mol. The molecular formula is C19H24N4O6S. The third-order valence-electron chi connectivity index (χ3n) is 5.76. The van der Waals surface area contributed by atoms with Crippen molar-refractivity contribution >= 4 is 33.3 Å². The summed E-state index contributed by atoms with van der Waals surface area (Å²) in [5.41, 5.74) is 0.753. The minimum Gasteiger partial charge on any atom is -0.472 e. The van der Waals surface area contributed by atoms with Gasteiger partial charge in [0.15, 0.2) is 9.84 Å². The maximum absolute atomic E-state index is 12.7. The van der Waals surface area contributed by atoms with Crippen LogP contribution >= 0.6 is 0 Å². The number of likely N-dealkylation sites (tertiary alicyclic amines) is 1. The molecule has 2 saturated heterocycles. The first-order chi connectivity index (χ1) is 14.3. The molecule has 1 atom stereocenters. The highest BCUT2D eigenvalue weighted by Crippen LogP contribution is 2.22. The smallest absolute Gasteiger partial charge is 0.267 e. The second-order valence-electron chi connectivity index (χ2n) is 7.89. The Balaban J connectivity index is 1.33. The summed E-state index contributed by atoms with van der Waals surface area (Å²) in [6.07, 6.45) is 4.83. The molecule has 0 aromatic carbocycles. The molecule has 30 heavy (non-hydrogen) atoms. The van der Waals surface area contributed by atoms with E-state index in [1.807, 2.05) is 0 Å². The molecule has 1 aromatic heterocycles. The van der Waals surface area contributed by atoms with E-state index in [1.165, 1.54) is 17.5 Å². The topological polar surface area (TPSA) is 129 Å². The van der Waals surface area contributed by atoms with Crippen molar-refractivity contribution in [3.05, 3.63) is 24.2 Å². The maximum atomic E-state index is 12.7. The van der Waals surface area contributed by atoms with Gasteiger partial charge < -0.3 is 14.6 Å². The second kappa shape index (κ2) is 8.21. The molecule has 3 amide bonds. The quantitative estimate of drug-likeness (QED) is 0.716. The summed E-state index contributed by atoms with van der Waals surface area (Å²) in [6.45, 7) is 1.04. The fraction of sp³-hybridized carbons (Fsp3) is 0.579. The molecule has 0 spiro atoms. The third-order valence-corrected chi connectivity index (χ3v) is 7.51. The van der Waals surface area contributed by atoms with E-state index in [2.05, 4.69) is 10.4 Å². The predicted octanol–water partition coefficient (Wildman–Crippen LogP) is 0.166. The number of amides is 3.